The molecular formula is C14H24N4O+2. The van der Waals surface area contributed by atoms with E-state index in [4.69, 9.17) is 0 Å². The SMILES string of the molecule is CC(C)n1cc[n+](C(CO)[n+]2ccn(C(C)C)c2)c1. The van der Waals surface area contributed by atoms with Gasteiger partial charge in [-0.25, -0.2) is 9.13 Å². The number of nitrogens with zero attached hydrogens (tertiary/aromatic N) is 4. The van der Waals surface area contributed by atoms with Crippen LogP contribution in [0.15, 0.2) is 37.4 Å². The van der Waals surface area contributed by atoms with Crippen LogP contribution in [0.3, 0.4) is 0 Å². The maximum Gasteiger partial charge on any atom is 0.265 e. The molecule has 0 bridgehead atoms. The van der Waals surface area contributed by atoms with Crippen molar-refractivity contribution in [2.24, 2.45) is 0 Å². The normalized spacial score (nSPS) is 12.0. The highest BCUT2D eigenvalue weighted by atomic mass is 16.3. The Hall–Kier alpha value is -1.62. The first-order valence-corrected chi connectivity index (χ1v) is 6.80. The molecule has 5 heteroatoms. The molecule has 1 N–H and O–H groups in total. The van der Waals surface area contributed by atoms with Crippen molar-refractivity contribution in [1.29, 1.82) is 0 Å². The summed E-state index contributed by atoms with van der Waals surface area (Å²) >= 11 is 0. The molecule has 2 heterocycles. The van der Waals surface area contributed by atoms with Crippen LogP contribution >= 0.6 is 0 Å². The molecule has 5 nitrogen and oxygen atoms in total. The highest BCUT2D eigenvalue weighted by molar-refractivity contribution is 4.72. The van der Waals surface area contributed by atoms with Crippen LogP contribution in [0.2, 0.25) is 0 Å². The number of imidazole rings is 2. The molecule has 0 atom stereocenters. The second-order valence-electron chi connectivity index (χ2n) is 5.47. The third kappa shape index (κ3) is 2.87. The van der Waals surface area contributed by atoms with E-state index in [9.17, 15) is 5.11 Å². The van der Waals surface area contributed by atoms with Crippen molar-refractivity contribution in [3.8, 4) is 0 Å². The molecule has 0 saturated heterocycles. The molecule has 0 saturated carbocycles. The lowest BCUT2D eigenvalue weighted by molar-refractivity contribution is -0.945. The van der Waals surface area contributed by atoms with E-state index in [0.29, 0.717) is 12.1 Å². The average molecular weight is 264 g/mol. The molecule has 0 fully saturated rings. The van der Waals surface area contributed by atoms with Crippen LogP contribution in [0.5, 0.6) is 0 Å². The second-order valence-corrected chi connectivity index (χ2v) is 5.47. The molecule has 0 spiro atoms. The fourth-order valence-electron chi connectivity index (χ4n) is 2.08. The first-order chi connectivity index (χ1) is 9.02. The van der Waals surface area contributed by atoms with Crippen molar-refractivity contribution in [2.75, 3.05) is 6.61 Å². The van der Waals surface area contributed by atoms with Gasteiger partial charge in [0.2, 0.25) is 12.7 Å². The Kier molecular flexibility index (Phi) is 4.04. The van der Waals surface area contributed by atoms with Crippen molar-refractivity contribution in [2.45, 2.75) is 45.9 Å². The van der Waals surface area contributed by atoms with Crippen LogP contribution in [0, 0.1) is 0 Å². The predicted octanol–water partition coefficient (Wildman–Crippen LogP) is 1.07. The van der Waals surface area contributed by atoms with E-state index in [1.807, 2.05) is 46.6 Å². The number of aliphatic hydroxyl groups excluding tert-OH is 1. The lowest BCUT2D eigenvalue weighted by Crippen LogP contribution is -2.57. The Bertz CT molecular complexity index is 481. The summed E-state index contributed by atoms with van der Waals surface area (Å²) in [4.78, 5) is 0. The maximum atomic E-state index is 9.67. The van der Waals surface area contributed by atoms with Crippen LogP contribution in [-0.4, -0.2) is 20.8 Å². The van der Waals surface area contributed by atoms with Crippen molar-refractivity contribution in [1.82, 2.24) is 9.13 Å². The zero-order valence-corrected chi connectivity index (χ0v) is 12.1. The Labute approximate surface area is 114 Å². The van der Waals surface area contributed by atoms with Crippen molar-refractivity contribution >= 4 is 0 Å². The summed E-state index contributed by atoms with van der Waals surface area (Å²) in [6, 6.07) is 0.844. The largest absolute Gasteiger partial charge is 0.387 e. The van der Waals surface area contributed by atoms with Gasteiger partial charge >= 0.3 is 0 Å². The van der Waals surface area contributed by atoms with Crippen molar-refractivity contribution < 1.29 is 14.2 Å². The average Bonchev–Trinajstić information content (AvgIpc) is 2.98. The summed E-state index contributed by atoms with van der Waals surface area (Å²) in [6.45, 7) is 8.63. The standard InChI is InChI=1S/C14H24N4O/c1-12(2)15-5-7-17(10-15)14(9-19)18-8-6-16(11-18)13(3)4/h5-8,10-14,19H,9H2,1-4H3/q+2. The van der Waals surface area contributed by atoms with Crippen LogP contribution in [-0.2, 0) is 0 Å². The Morgan fingerprint density at radius 1 is 0.895 bits per heavy atom. The first kappa shape index (κ1) is 13.8. The van der Waals surface area contributed by atoms with E-state index in [1.54, 1.807) is 0 Å². The molecule has 0 unspecified atom stereocenters. The zero-order chi connectivity index (χ0) is 14.0. The lowest BCUT2D eigenvalue weighted by Gasteiger charge is -2.07. The number of hydrogen-bond acceptors (Lipinski definition) is 1. The number of rotatable bonds is 5. The van der Waals surface area contributed by atoms with Crippen LogP contribution in [0.25, 0.3) is 0 Å². The van der Waals surface area contributed by atoms with Gasteiger partial charge in [0.15, 0.2) is 0 Å². The molecule has 0 aromatic carbocycles. The van der Waals surface area contributed by atoms with Gasteiger partial charge in [-0.1, -0.05) is 0 Å². The highest BCUT2D eigenvalue weighted by Gasteiger charge is 2.23. The summed E-state index contributed by atoms with van der Waals surface area (Å²) in [5, 5.41) is 9.67. The highest BCUT2D eigenvalue weighted by Crippen LogP contribution is 2.04. The van der Waals surface area contributed by atoms with E-state index in [0.717, 1.165) is 0 Å². The van der Waals surface area contributed by atoms with Gasteiger partial charge in [0.1, 0.15) is 31.4 Å². The minimum absolute atomic E-state index is 0.0690. The van der Waals surface area contributed by atoms with Gasteiger partial charge in [-0.05, 0) is 27.7 Å². The molecule has 104 valence electrons. The van der Waals surface area contributed by atoms with Gasteiger partial charge in [-0.2, -0.15) is 9.13 Å². The Morgan fingerprint density at radius 2 is 1.32 bits per heavy atom. The smallest absolute Gasteiger partial charge is 0.265 e. The van der Waals surface area contributed by atoms with Crippen LogP contribution < -0.4 is 9.13 Å². The van der Waals surface area contributed by atoms with E-state index in [2.05, 4.69) is 36.8 Å². The number of aliphatic hydroxyl groups is 1. The molecule has 19 heavy (non-hydrogen) atoms. The maximum absolute atomic E-state index is 9.67. The van der Waals surface area contributed by atoms with Crippen LogP contribution in [0.4, 0.5) is 0 Å². The van der Waals surface area contributed by atoms with Crippen molar-refractivity contribution in [3.05, 3.63) is 37.4 Å². The number of aromatic nitrogens is 4. The molecule has 0 aliphatic carbocycles. The molecule has 0 aliphatic heterocycles. The topological polar surface area (TPSA) is 37.9 Å². The van der Waals surface area contributed by atoms with Gasteiger partial charge in [0.05, 0.1) is 12.1 Å². The van der Waals surface area contributed by atoms with Gasteiger partial charge in [-0.3, -0.25) is 0 Å². The molecule has 2 aromatic heterocycles. The summed E-state index contributed by atoms with van der Waals surface area (Å²) in [6.07, 6.45) is 12.0. The Morgan fingerprint density at radius 3 is 1.58 bits per heavy atom. The molecule has 0 aliphatic rings. The third-order valence-electron chi connectivity index (χ3n) is 3.40. The molecular weight excluding hydrogens is 240 g/mol. The molecule has 2 aromatic rings. The van der Waals surface area contributed by atoms with E-state index < -0.39 is 0 Å². The number of hydrogen-bond donors (Lipinski definition) is 1. The zero-order valence-electron chi connectivity index (χ0n) is 12.1. The minimum Gasteiger partial charge on any atom is -0.387 e. The fourth-order valence-corrected chi connectivity index (χ4v) is 2.08. The van der Waals surface area contributed by atoms with Gasteiger partial charge in [-0.15, -0.1) is 0 Å². The molecule has 2 rings (SSSR count). The summed E-state index contributed by atoms with van der Waals surface area (Å²) in [7, 11) is 0. The lowest BCUT2D eigenvalue weighted by atomic mass is 10.4. The molecule has 0 radical (unpaired) electrons. The van der Waals surface area contributed by atoms with E-state index in [-0.39, 0.29) is 12.8 Å². The van der Waals surface area contributed by atoms with Crippen molar-refractivity contribution in [3.63, 3.8) is 0 Å². The quantitative estimate of drug-likeness (QED) is 0.806. The minimum atomic E-state index is -0.0972. The summed E-state index contributed by atoms with van der Waals surface area (Å²) in [5.74, 6) is 0. The van der Waals surface area contributed by atoms with Gasteiger partial charge in [0.25, 0.3) is 6.17 Å². The Balaban J connectivity index is 2.27. The van der Waals surface area contributed by atoms with E-state index in [1.165, 1.54) is 0 Å². The molecule has 0 amide bonds. The second kappa shape index (κ2) is 5.57. The summed E-state index contributed by atoms with van der Waals surface area (Å²) in [5.41, 5.74) is 0. The van der Waals surface area contributed by atoms with Gasteiger partial charge < -0.3 is 5.11 Å². The van der Waals surface area contributed by atoms with E-state index >= 15 is 0 Å². The third-order valence-corrected chi connectivity index (χ3v) is 3.40. The van der Waals surface area contributed by atoms with Crippen LogP contribution in [0.1, 0.15) is 45.9 Å². The van der Waals surface area contributed by atoms with Gasteiger partial charge in [0, 0.05) is 0 Å². The summed E-state index contributed by atoms with van der Waals surface area (Å²) < 4.78 is 8.32. The first-order valence-electron chi connectivity index (χ1n) is 6.80. The monoisotopic (exact) mass is 264 g/mol. The fraction of sp³-hybridized carbons (Fsp3) is 0.571. The predicted molar refractivity (Wildman–Crippen MR) is 71.5 cm³/mol.